The first kappa shape index (κ1) is 11.3. The molecule has 0 spiro atoms. The van der Waals surface area contributed by atoms with E-state index in [1.807, 2.05) is 30.6 Å². The molecule has 1 aliphatic rings. The third kappa shape index (κ3) is 2.26. The maximum Gasteiger partial charge on any atom is 0.136 e. The Bertz CT molecular complexity index is 634. The number of nitrogens with zero attached hydrogens (tertiary/aromatic N) is 2. The van der Waals surface area contributed by atoms with Crippen molar-refractivity contribution in [2.24, 2.45) is 0 Å². The Morgan fingerprint density at radius 1 is 1.33 bits per heavy atom. The van der Waals surface area contributed by atoms with Crippen LogP contribution in [0.4, 0.5) is 0 Å². The highest BCUT2D eigenvalue weighted by Crippen LogP contribution is 2.11. The molecule has 0 aliphatic carbocycles. The van der Waals surface area contributed by atoms with Gasteiger partial charge in [-0.3, -0.25) is 0 Å². The van der Waals surface area contributed by atoms with Gasteiger partial charge in [0.2, 0.25) is 0 Å². The third-order valence-corrected chi connectivity index (χ3v) is 3.15. The van der Waals surface area contributed by atoms with Crippen LogP contribution in [0.1, 0.15) is 17.0 Å². The van der Waals surface area contributed by atoms with Gasteiger partial charge in [-0.1, -0.05) is 23.6 Å². The number of rotatable bonds is 0. The SMILES string of the molecule is Clc1cccc(C#Cc2ncn3c2CNCC3)c1. The number of hydrogen-bond acceptors (Lipinski definition) is 2. The Hall–Kier alpha value is -1.76. The lowest BCUT2D eigenvalue weighted by Gasteiger charge is -2.15. The molecule has 1 aliphatic heterocycles. The molecular formula is C14H12ClN3. The molecule has 2 heterocycles. The van der Waals surface area contributed by atoms with Crippen LogP contribution in [-0.4, -0.2) is 16.1 Å². The van der Waals surface area contributed by atoms with Gasteiger partial charge in [-0.2, -0.15) is 0 Å². The van der Waals surface area contributed by atoms with Crippen LogP contribution >= 0.6 is 11.6 Å². The first-order valence-corrected chi connectivity index (χ1v) is 6.23. The van der Waals surface area contributed by atoms with Crippen molar-refractivity contribution in [1.29, 1.82) is 0 Å². The molecule has 1 aromatic carbocycles. The van der Waals surface area contributed by atoms with Crippen molar-refractivity contribution >= 4 is 11.6 Å². The molecule has 90 valence electrons. The van der Waals surface area contributed by atoms with Crippen LogP contribution in [0.3, 0.4) is 0 Å². The number of fused-ring (bicyclic) bond motifs is 1. The number of hydrogen-bond donors (Lipinski definition) is 1. The smallest absolute Gasteiger partial charge is 0.136 e. The van der Waals surface area contributed by atoms with Gasteiger partial charge in [0, 0.05) is 30.2 Å². The Morgan fingerprint density at radius 3 is 3.17 bits per heavy atom. The van der Waals surface area contributed by atoms with Crippen LogP contribution in [0, 0.1) is 11.8 Å². The Morgan fingerprint density at radius 2 is 2.28 bits per heavy atom. The molecule has 0 radical (unpaired) electrons. The van der Waals surface area contributed by atoms with Crippen LogP contribution in [0.25, 0.3) is 0 Å². The van der Waals surface area contributed by atoms with Crippen molar-refractivity contribution in [3.8, 4) is 11.8 Å². The van der Waals surface area contributed by atoms with E-state index in [0.717, 1.165) is 36.6 Å². The maximum atomic E-state index is 5.92. The molecule has 3 nitrogen and oxygen atoms in total. The summed E-state index contributed by atoms with van der Waals surface area (Å²) < 4.78 is 2.15. The van der Waals surface area contributed by atoms with Gasteiger partial charge in [0.25, 0.3) is 0 Å². The quantitative estimate of drug-likeness (QED) is 0.732. The van der Waals surface area contributed by atoms with Crippen LogP contribution in [0.5, 0.6) is 0 Å². The minimum atomic E-state index is 0.704. The number of nitrogens with one attached hydrogen (secondary N) is 1. The minimum absolute atomic E-state index is 0.704. The predicted molar refractivity (Wildman–Crippen MR) is 71.4 cm³/mol. The summed E-state index contributed by atoms with van der Waals surface area (Å²) in [6, 6.07) is 7.54. The summed E-state index contributed by atoms with van der Waals surface area (Å²) in [4.78, 5) is 4.35. The van der Waals surface area contributed by atoms with Crippen molar-refractivity contribution in [1.82, 2.24) is 14.9 Å². The van der Waals surface area contributed by atoms with E-state index in [0.29, 0.717) is 5.02 Å². The van der Waals surface area contributed by atoms with Crippen molar-refractivity contribution in [3.05, 3.63) is 52.6 Å². The highest BCUT2D eigenvalue weighted by molar-refractivity contribution is 6.30. The summed E-state index contributed by atoms with van der Waals surface area (Å²) in [6.07, 6.45) is 1.86. The second-order valence-corrected chi connectivity index (χ2v) is 4.61. The van der Waals surface area contributed by atoms with Crippen molar-refractivity contribution in [2.45, 2.75) is 13.1 Å². The molecule has 18 heavy (non-hydrogen) atoms. The van der Waals surface area contributed by atoms with E-state index in [2.05, 4.69) is 26.7 Å². The van der Waals surface area contributed by atoms with E-state index in [1.54, 1.807) is 0 Å². The lowest BCUT2D eigenvalue weighted by molar-refractivity contribution is 0.515. The predicted octanol–water partition coefficient (Wildman–Crippen LogP) is 2.04. The van der Waals surface area contributed by atoms with Gasteiger partial charge in [-0.15, -0.1) is 0 Å². The summed E-state index contributed by atoms with van der Waals surface area (Å²) >= 11 is 5.92. The van der Waals surface area contributed by atoms with E-state index >= 15 is 0 Å². The van der Waals surface area contributed by atoms with E-state index in [9.17, 15) is 0 Å². The van der Waals surface area contributed by atoms with Crippen LogP contribution in [-0.2, 0) is 13.1 Å². The normalized spacial score (nSPS) is 13.6. The zero-order chi connectivity index (χ0) is 12.4. The van der Waals surface area contributed by atoms with Crippen LogP contribution < -0.4 is 5.32 Å². The molecular weight excluding hydrogens is 246 g/mol. The standard InChI is InChI=1S/C14H12ClN3/c15-12-3-1-2-11(8-12)4-5-13-14-9-16-6-7-18(14)10-17-13/h1-3,8,10,16H,6-7,9H2. The second kappa shape index (κ2) is 4.85. The van der Waals surface area contributed by atoms with Crippen molar-refractivity contribution in [2.75, 3.05) is 6.54 Å². The van der Waals surface area contributed by atoms with Crippen molar-refractivity contribution in [3.63, 3.8) is 0 Å². The fourth-order valence-corrected chi connectivity index (χ4v) is 2.18. The molecule has 2 aromatic rings. The van der Waals surface area contributed by atoms with E-state index in [4.69, 9.17) is 11.6 Å². The summed E-state index contributed by atoms with van der Waals surface area (Å²) in [6.45, 7) is 2.78. The number of halogens is 1. The highest BCUT2D eigenvalue weighted by Gasteiger charge is 2.12. The Labute approximate surface area is 111 Å². The molecule has 0 saturated carbocycles. The Balaban J connectivity index is 1.91. The molecule has 0 bridgehead atoms. The molecule has 1 N–H and O–H groups in total. The third-order valence-electron chi connectivity index (χ3n) is 2.92. The molecule has 0 atom stereocenters. The summed E-state index contributed by atoms with van der Waals surface area (Å²) in [5.41, 5.74) is 2.92. The lowest BCUT2D eigenvalue weighted by atomic mass is 10.2. The van der Waals surface area contributed by atoms with Gasteiger partial charge in [0.15, 0.2) is 0 Å². The molecule has 1 aromatic heterocycles. The van der Waals surface area contributed by atoms with Gasteiger partial charge in [0.1, 0.15) is 5.69 Å². The largest absolute Gasteiger partial charge is 0.331 e. The zero-order valence-corrected chi connectivity index (χ0v) is 10.5. The van der Waals surface area contributed by atoms with E-state index in [1.165, 1.54) is 0 Å². The fourth-order valence-electron chi connectivity index (χ4n) is 1.99. The molecule has 4 heteroatoms. The van der Waals surface area contributed by atoms with Crippen molar-refractivity contribution < 1.29 is 0 Å². The van der Waals surface area contributed by atoms with Crippen LogP contribution in [0.15, 0.2) is 30.6 Å². The number of benzene rings is 1. The maximum absolute atomic E-state index is 5.92. The molecule has 0 amide bonds. The summed E-state index contributed by atoms with van der Waals surface area (Å²) in [5.74, 6) is 6.22. The molecule has 0 fully saturated rings. The second-order valence-electron chi connectivity index (χ2n) is 4.17. The highest BCUT2D eigenvalue weighted by atomic mass is 35.5. The van der Waals surface area contributed by atoms with Gasteiger partial charge in [-0.25, -0.2) is 4.98 Å². The van der Waals surface area contributed by atoms with Gasteiger partial charge >= 0.3 is 0 Å². The Kier molecular flexibility index (Phi) is 3.06. The van der Waals surface area contributed by atoms with Gasteiger partial charge in [-0.05, 0) is 24.1 Å². The topological polar surface area (TPSA) is 29.9 Å². The van der Waals surface area contributed by atoms with Gasteiger partial charge in [0.05, 0.1) is 12.0 Å². The molecule has 0 unspecified atom stereocenters. The molecule has 3 rings (SSSR count). The lowest BCUT2D eigenvalue weighted by Crippen LogP contribution is -2.27. The number of aromatic nitrogens is 2. The summed E-state index contributed by atoms with van der Waals surface area (Å²) in [7, 11) is 0. The van der Waals surface area contributed by atoms with Crippen LogP contribution in [0.2, 0.25) is 5.02 Å². The number of imidazole rings is 1. The fraction of sp³-hybridized carbons (Fsp3) is 0.214. The monoisotopic (exact) mass is 257 g/mol. The average molecular weight is 258 g/mol. The first-order chi connectivity index (χ1) is 8.83. The summed E-state index contributed by atoms with van der Waals surface area (Å²) in [5, 5.41) is 4.03. The zero-order valence-electron chi connectivity index (χ0n) is 9.78. The first-order valence-electron chi connectivity index (χ1n) is 5.85. The van der Waals surface area contributed by atoms with E-state index < -0.39 is 0 Å². The van der Waals surface area contributed by atoms with E-state index in [-0.39, 0.29) is 0 Å². The van der Waals surface area contributed by atoms with Gasteiger partial charge < -0.3 is 9.88 Å². The molecule has 0 saturated heterocycles. The average Bonchev–Trinajstić information content (AvgIpc) is 2.80. The minimum Gasteiger partial charge on any atom is -0.331 e.